The Morgan fingerprint density at radius 1 is 1.75 bits per heavy atom. The highest BCUT2D eigenvalue weighted by atomic mass is 79.9. The van der Waals surface area contributed by atoms with Gasteiger partial charge in [-0.3, -0.25) is 4.79 Å². The molecule has 0 bridgehead atoms. The number of carbonyl (C=O) groups excluding carboxylic acids is 1. The molecule has 2 heteroatoms. The first-order valence-electron chi connectivity index (χ1n) is 2.32. The van der Waals surface area contributed by atoms with Crippen LogP contribution in [-0.2, 0) is 4.79 Å². The van der Waals surface area contributed by atoms with Gasteiger partial charge in [-0.2, -0.15) is 0 Å². The number of hydrogen-bond donors (Lipinski definition) is 0. The zero-order chi connectivity index (χ0) is 6.41. The molecule has 0 aromatic carbocycles. The lowest BCUT2D eigenvalue weighted by molar-refractivity contribution is -0.116. The van der Waals surface area contributed by atoms with Crippen molar-refractivity contribution in [1.29, 1.82) is 0 Å². The molecule has 0 saturated carbocycles. The van der Waals surface area contributed by atoms with E-state index in [9.17, 15) is 4.79 Å². The number of carbonyl (C=O) groups is 1. The molecule has 0 aliphatic carbocycles. The van der Waals surface area contributed by atoms with E-state index in [1.807, 2.05) is 0 Å². The van der Waals surface area contributed by atoms with Crippen molar-refractivity contribution in [3.63, 3.8) is 0 Å². The fourth-order valence-electron chi connectivity index (χ4n) is 0.278. The first kappa shape index (κ1) is 7.71. The first-order valence-corrected chi connectivity index (χ1v) is 3.44. The van der Waals surface area contributed by atoms with Crippen molar-refractivity contribution in [3.8, 4) is 12.3 Å². The van der Waals surface area contributed by atoms with E-state index in [0.717, 1.165) is 0 Å². The van der Waals surface area contributed by atoms with Gasteiger partial charge in [0.1, 0.15) is 5.78 Å². The van der Waals surface area contributed by atoms with Gasteiger partial charge in [0.05, 0.1) is 5.33 Å². The van der Waals surface area contributed by atoms with Crippen molar-refractivity contribution in [1.82, 2.24) is 0 Å². The van der Waals surface area contributed by atoms with Gasteiger partial charge in [-0.25, -0.2) is 0 Å². The average molecular weight is 175 g/mol. The number of alkyl halides is 1. The molecule has 44 valence electrons. The SMILES string of the molecule is C#CCCC(=O)CBr. The Labute approximate surface area is 57.6 Å². The number of halogens is 1. The van der Waals surface area contributed by atoms with Crippen molar-refractivity contribution >= 4 is 21.7 Å². The molecule has 8 heavy (non-hydrogen) atoms. The van der Waals surface area contributed by atoms with Crippen LogP contribution in [0.15, 0.2) is 0 Å². The summed E-state index contributed by atoms with van der Waals surface area (Å²) in [5, 5.41) is 0.425. The molecular formula is C6H7BrO. The second kappa shape index (κ2) is 4.86. The highest BCUT2D eigenvalue weighted by Crippen LogP contribution is 1.91. The molecule has 0 aromatic rings. The Bertz CT molecular complexity index is 112. The highest BCUT2D eigenvalue weighted by Gasteiger charge is 1.94. The minimum Gasteiger partial charge on any atom is -0.299 e. The summed E-state index contributed by atoms with van der Waals surface area (Å²) in [6.45, 7) is 0. The molecule has 0 saturated heterocycles. The van der Waals surface area contributed by atoms with Crippen LogP contribution in [0.5, 0.6) is 0 Å². The highest BCUT2D eigenvalue weighted by molar-refractivity contribution is 9.09. The maximum atomic E-state index is 10.4. The maximum Gasteiger partial charge on any atom is 0.144 e. The summed E-state index contributed by atoms with van der Waals surface area (Å²) < 4.78 is 0. The molecule has 0 unspecified atom stereocenters. The third-order valence-electron chi connectivity index (χ3n) is 0.697. The van der Waals surface area contributed by atoms with Crippen molar-refractivity contribution in [2.24, 2.45) is 0 Å². The van der Waals surface area contributed by atoms with E-state index in [4.69, 9.17) is 6.42 Å². The number of ketones is 1. The van der Waals surface area contributed by atoms with Crippen LogP contribution in [0.4, 0.5) is 0 Å². The zero-order valence-electron chi connectivity index (χ0n) is 4.48. The topological polar surface area (TPSA) is 17.1 Å². The van der Waals surface area contributed by atoms with Crippen LogP contribution in [0.2, 0.25) is 0 Å². The Morgan fingerprint density at radius 2 is 2.38 bits per heavy atom. The van der Waals surface area contributed by atoms with Gasteiger partial charge in [0.25, 0.3) is 0 Å². The molecule has 0 aliphatic heterocycles. The summed E-state index contributed by atoms with van der Waals surface area (Å²) in [4.78, 5) is 10.4. The molecule has 0 heterocycles. The van der Waals surface area contributed by atoms with Gasteiger partial charge in [0.15, 0.2) is 0 Å². The van der Waals surface area contributed by atoms with Crippen LogP contribution < -0.4 is 0 Å². The summed E-state index contributed by atoms with van der Waals surface area (Å²) in [7, 11) is 0. The summed E-state index contributed by atoms with van der Waals surface area (Å²) in [5.41, 5.74) is 0. The Morgan fingerprint density at radius 3 is 2.75 bits per heavy atom. The summed E-state index contributed by atoms with van der Waals surface area (Å²) in [5.74, 6) is 2.56. The van der Waals surface area contributed by atoms with E-state index in [-0.39, 0.29) is 5.78 Å². The number of hydrogen-bond acceptors (Lipinski definition) is 1. The molecule has 0 radical (unpaired) electrons. The number of Topliss-reactive ketones (excluding diaryl/α,β-unsaturated/α-hetero) is 1. The largest absolute Gasteiger partial charge is 0.299 e. The van der Waals surface area contributed by atoms with E-state index >= 15 is 0 Å². The molecule has 0 N–H and O–H groups in total. The van der Waals surface area contributed by atoms with Crippen LogP contribution in [-0.4, -0.2) is 11.1 Å². The number of terminal acetylenes is 1. The van der Waals surface area contributed by atoms with Crippen LogP contribution in [0.1, 0.15) is 12.8 Å². The van der Waals surface area contributed by atoms with Crippen LogP contribution in [0.25, 0.3) is 0 Å². The lowest BCUT2D eigenvalue weighted by Crippen LogP contribution is -1.96. The van der Waals surface area contributed by atoms with E-state index in [0.29, 0.717) is 18.2 Å². The maximum absolute atomic E-state index is 10.4. The van der Waals surface area contributed by atoms with Gasteiger partial charge in [0.2, 0.25) is 0 Å². The quantitative estimate of drug-likeness (QED) is 0.467. The van der Waals surface area contributed by atoms with Crippen LogP contribution in [0.3, 0.4) is 0 Å². The standard InChI is InChI=1S/C6H7BrO/c1-2-3-4-6(8)5-7/h1H,3-5H2. The second-order valence-corrected chi connectivity index (χ2v) is 1.94. The van der Waals surface area contributed by atoms with Gasteiger partial charge in [-0.05, 0) is 0 Å². The third kappa shape index (κ3) is 3.89. The smallest absolute Gasteiger partial charge is 0.144 e. The predicted molar refractivity (Wildman–Crippen MR) is 36.9 cm³/mol. The van der Waals surface area contributed by atoms with Gasteiger partial charge in [-0.1, -0.05) is 15.9 Å². The monoisotopic (exact) mass is 174 g/mol. The molecule has 0 fully saturated rings. The van der Waals surface area contributed by atoms with E-state index in [1.54, 1.807) is 0 Å². The molecule has 1 nitrogen and oxygen atoms in total. The minimum absolute atomic E-state index is 0.169. The van der Waals surface area contributed by atoms with Crippen molar-refractivity contribution < 1.29 is 4.79 Å². The Kier molecular flexibility index (Phi) is 4.68. The fraction of sp³-hybridized carbons (Fsp3) is 0.500. The van der Waals surface area contributed by atoms with Gasteiger partial charge in [-0.15, -0.1) is 12.3 Å². The van der Waals surface area contributed by atoms with Gasteiger partial charge < -0.3 is 0 Å². The van der Waals surface area contributed by atoms with E-state index < -0.39 is 0 Å². The van der Waals surface area contributed by atoms with E-state index in [2.05, 4.69) is 21.9 Å². The van der Waals surface area contributed by atoms with Crippen molar-refractivity contribution in [3.05, 3.63) is 0 Å². The molecule has 0 aliphatic rings. The van der Waals surface area contributed by atoms with E-state index in [1.165, 1.54) is 0 Å². The van der Waals surface area contributed by atoms with Crippen LogP contribution in [0, 0.1) is 12.3 Å². The van der Waals surface area contributed by atoms with Crippen LogP contribution >= 0.6 is 15.9 Å². The molecule has 0 amide bonds. The van der Waals surface area contributed by atoms with Gasteiger partial charge in [0, 0.05) is 12.8 Å². The fourth-order valence-corrected chi connectivity index (χ4v) is 0.559. The summed E-state index contributed by atoms with van der Waals surface area (Å²) in [6.07, 6.45) is 5.98. The molecule has 0 atom stereocenters. The lowest BCUT2D eigenvalue weighted by Gasteiger charge is -1.86. The lowest BCUT2D eigenvalue weighted by atomic mass is 10.2. The molecule has 0 spiro atoms. The Hall–Kier alpha value is -0.290. The predicted octanol–water partition coefficient (Wildman–Crippen LogP) is 1.36. The summed E-state index contributed by atoms with van der Waals surface area (Å²) >= 11 is 3.03. The molecule has 0 rings (SSSR count). The van der Waals surface area contributed by atoms with Crippen molar-refractivity contribution in [2.75, 3.05) is 5.33 Å². The van der Waals surface area contributed by atoms with Gasteiger partial charge >= 0.3 is 0 Å². The molecular weight excluding hydrogens is 168 g/mol. The third-order valence-corrected chi connectivity index (χ3v) is 1.32. The molecule has 0 aromatic heterocycles. The average Bonchev–Trinajstić information content (AvgIpc) is 1.83. The Balaban J connectivity index is 3.15. The number of rotatable bonds is 3. The first-order chi connectivity index (χ1) is 3.81. The normalized spacial score (nSPS) is 8.00. The minimum atomic E-state index is 0.169. The second-order valence-electron chi connectivity index (χ2n) is 1.38. The van der Waals surface area contributed by atoms with Crippen molar-refractivity contribution in [2.45, 2.75) is 12.8 Å². The zero-order valence-corrected chi connectivity index (χ0v) is 6.07. The summed E-state index contributed by atoms with van der Waals surface area (Å²) in [6, 6.07) is 0.